The highest BCUT2D eigenvalue weighted by molar-refractivity contribution is 5.72. The Hall–Kier alpha value is -3.49. The van der Waals surface area contributed by atoms with Gasteiger partial charge in [0.15, 0.2) is 12.1 Å². The molecule has 0 aromatic carbocycles. The molecule has 0 aliphatic heterocycles. The van der Waals surface area contributed by atoms with Gasteiger partial charge < -0.3 is 23.8 Å². The van der Waals surface area contributed by atoms with Crippen LogP contribution in [0.4, 0.5) is 0 Å². The van der Waals surface area contributed by atoms with E-state index in [0.29, 0.717) is 19.3 Å². The van der Waals surface area contributed by atoms with E-state index in [2.05, 4.69) is 98.9 Å². The van der Waals surface area contributed by atoms with E-state index < -0.39 is 18.1 Å². The molecule has 0 aliphatic rings. The van der Waals surface area contributed by atoms with E-state index in [4.69, 9.17) is 14.2 Å². The van der Waals surface area contributed by atoms with Crippen LogP contribution in [0, 0.1) is 0 Å². The lowest BCUT2D eigenvalue weighted by molar-refractivity contribution is -0.887. The predicted molar refractivity (Wildman–Crippen MR) is 261 cm³/mol. The number of carbonyl (C=O) groups excluding carboxylic acids is 2. The Morgan fingerprint density at radius 1 is 0.516 bits per heavy atom. The molecule has 0 saturated carbocycles. The van der Waals surface area contributed by atoms with E-state index in [-0.39, 0.29) is 36.2 Å². The lowest BCUT2D eigenvalue weighted by atomic mass is 10.1. The smallest absolute Gasteiger partial charge is 0.362 e. The van der Waals surface area contributed by atoms with E-state index in [1.54, 1.807) is 0 Å². The van der Waals surface area contributed by atoms with Gasteiger partial charge in [-0.15, -0.1) is 0 Å². The summed E-state index contributed by atoms with van der Waals surface area (Å²) in [6.07, 6.45) is 57.6. The summed E-state index contributed by atoms with van der Waals surface area (Å²) in [5.41, 5.74) is 0. The van der Waals surface area contributed by atoms with Crippen LogP contribution in [0.15, 0.2) is 85.1 Å². The molecule has 0 rings (SSSR count). The number of likely N-dealkylation sites (N-methyl/N-ethyl adjacent to an activating group) is 1. The first-order valence-corrected chi connectivity index (χ1v) is 24.7. The number of quaternary nitrogens is 1. The molecule has 0 fully saturated rings. The zero-order chi connectivity index (χ0) is 45.6. The second kappa shape index (κ2) is 44.1. The fraction of sp³-hybridized carbons (Fsp3) is 0.685. The number of ether oxygens (including phenoxy) is 3. The Bertz CT molecular complexity index is 1290. The summed E-state index contributed by atoms with van der Waals surface area (Å²) in [7, 11) is 5.51. The lowest BCUT2D eigenvalue weighted by Gasteiger charge is -2.31. The van der Waals surface area contributed by atoms with E-state index in [0.717, 1.165) is 103 Å². The van der Waals surface area contributed by atoms with Crippen LogP contribution in [0.3, 0.4) is 0 Å². The van der Waals surface area contributed by atoms with Crippen molar-refractivity contribution >= 4 is 17.9 Å². The number of carboxylic acids is 1. The number of hydrogen-bond donors (Lipinski definition) is 1. The van der Waals surface area contributed by atoms with Crippen molar-refractivity contribution in [2.45, 2.75) is 199 Å². The molecule has 1 N–H and O–H groups in total. The van der Waals surface area contributed by atoms with E-state index in [1.807, 2.05) is 21.1 Å². The van der Waals surface area contributed by atoms with Crippen LogP contribution >= 0.6 is 0 Å². The standard InChI is InChI=1S/C54H91NO7/c1-6-8-10-12-14-16-18-20-22-24-26-27-29-31-33-35-37-39-41-43-45-53(57)62-50(48-60-47-46-51(54(58)59)55(3,4)5)49-61-52(56)44-42-40-38-36-34-32-30-28-25-23-21-19-17-15-13-11-9-7-2/h8,10,14,16,19-23,25-28,30,50-51H,6-7,9,11-13,15,17-18,24,29,31-49H2,1-5H3/p+1/b10-8+,16-14+,21-19+,22-20+,25-23+,27-26+,30-28+. The number of carboxylic acid groups (broad SMARTS) is 1. The van der Waals surface area contributed by atoms with Crippen LogP contribution in [-0.4, -0.2) is 80.6 Å². The van der Waals surface area contributed by atoms with Gasteiger partial charge in [-0.2, -0.15) is 0 Å². The largest absolute Gasteiger partial charge is 0.477 e. The molecule has 0 saturated heterocycles. The van der Waals surface area contributed by atoms with Crippen molar-refractivity contribution in [2.75, 3.05) is 41.0 Å². The summed E-state index contributed by atoms with van der Waals surface area (Å²) in [6, 6.07) is -0.625. The molecule has 0 aromatic rings. The fourth-order valence-corrected chi connectivity index (χ4v) is 6.79. The minimum atomic E-state index is -0.883. The van der Waals surface area contributed by atoms with Gasteiger partial charge in [-0.05, 0) is 77.0 Å². The van der Waals surface area contributed by atoms with Crippen molar-refractivity contribution in [1.29, 1.82) is 0 Å². The third-order valence-corrected chi connectivity index (χ3v) is 10.6. The molecule has 8 nitrogen and oxygen atoms in total. The molecule has 0 amide bonds. The number of rotatable bonds is 43. The Morgan fingerprint density at radius 2 is 0.968 bits per heavy atom. The SMILES string of the molecule is CC/C=C/C/C=C/C/C=C/C/C=C/CCCCCCCCCC(=O)OC(COCCC(C(=O)O)[N+](C)(C)C)COC(=O)CCCCCCC/C=C/C=C/C=C/CCCCCCC. The van der Waals surface area contributed by atoms with Gasteiger partial charge in [-0.1, -0.05) is 176 Å². The minimum absolute atomic E-state index is 0.0452. The van der Waals surface area contributed by atoms with E-state index >= 15 is 0 Å². The number of esters is 2. The molecule has 0 heterocycles. The first kappa shape index (κ1) is 58.5. The van der Waals surface area contributed by atoms with E-state index in [9.17, 15) is 19.5 Å². The molecule has 2 unspecified atom stereocenters. The molecule has 2 atom stereocenters. The lowest BCUT2D eigenvalue weighted by Crippen LogP contribution is -2.50. The van der Waals surface area contributed by atoms with Crippen LogP contribution in [0.5, 0.6) is 0 Å². The van der Waals surface area contributed by atoms with Gasteiger partial charge in [-0.25, -0.2) is 4.79 Å². The van der Waals surface area contributed by atoms with Gasteiger partial charge in [-0.3, -0.25) is 9.59 Å². The normalized spacial score (nSPS) is 13.6. The van der Waals surface area contributed by atoms with E-state index in [1.165, 1.54) is 51.4 Å². The number of hydrogen-bond acceptors (Lipinski definition) is 6. The summed E-state index contributed by atoms with van der Waals surface area (Å²) in [6.45, 7) is 4.57. The maximum Gasteiger partial charge on any atom is 0.362 e. The highest BCUT2D eigenvalue weighted by Crippen LogP contribution is 2.14. The second-order valence-electron chi connectivity index (χ2n) is 17.4. The molecular formula is C54H92NO7+. The topological polar surface area (TPSA) is 99.1 Å². The van der Waals surface area contributed by atoms with Crippen molar-refractivity contribution in [3.8, 4) is 0 Å². The Kier molecular flexibility index (Phi) is 41.6. The Balaban J connectivity index is 4.36. The quantitative estimate of drug-likeness (QED) is 0.0214. The average molecular weight is 867 g/mol. The van der Waals surface area contributed by atoms with Gasteiger partial charge in [0.2, 0.25) is 0 Å². The van der Waals surface area contributed by atoms with Crippen LogP contribution < -0.4 is 0 Å². The Labute approximate surface area is 380 Å². The third-order valence-electron chi connectivity index (χ3n) is 10.6. The maximum atomic E-state index is 12.8. The van der Waals surface area contributed by atoms with Crippen LogP contribution in [0.25, 0.3) is 0 Å². The summed E-state index contributed by atoms with van der Waals surface area (Å²) in [5.74, 6) is -1.51. The number of carbonyl (C=O) groups is 3. The first-order chi connectivity index (χ1) is 30.1. The monoisotopic (exact) mass is 867 g/mol. The summed E-state index contributed by atoms with van der Waals surface area (Å²) < 4.78 is 17.3. The Morgan fingerprint density at radius 3 is 1.47 bits per heavy atom. The van der Waals surface area contributed by atoms with Gasteiger partial charge in [0, 0.05) is 19.3 Å². The summed E-state index contributed by atoms with van der Waals surface area (Å²) in [4.78, 5) is 37.1. The second-order valence-corrected chi connectivity index (χ2v) is 17.4. The molecule has 0 aromatic heterocycles. The predicted octanol–water partition coefficient (Wildman–Crippen LogP) is 14.1. The van der Waals surface area contributed by atoms with Gasteiger partial charge >= 0.3 is 17.9 Å². The highest BCUT2D eigenvalue weighted by atomic mass is 16.6. The molecule has 62 heavy (non-hydrogen) atoms. The van der Waals surface area contributed by atoms with Crippen molar-refractivity contribution < 1.29 is 38.2 Å². The molecule has 8 heteroatoms. The number of nitrogens with zero attached hydrogens (tertiary/aromatic N) is 1. The summed E-state index contributed by atoms with van der Waals surface area (Å²) in [5, 5.41) is 9.65. The minimum Gasteiger partial charge on any atom is -0.477 e. The van der Waals surface area contributed by atoms with Crippen LogP contribution in [-0.2, 0) is 28.6 Å². The number of aliphatic carboxylic acids is 1. The van der Waals surface area contributed by atoms with Crippen molar-refractivity contribution in [3.05, 3.63) is 85.1 Å². The third kappa shape index (κ3) is 41.8. The molecular weight excluding hydrogens is 775 g/mol. The van der Waals surface area contributed by atoms with Gasteiger partial charge in [0.25, 0.3) is 0 Å². The van der Waals surface area contributed by atoms with Crippen molar-refractivity contribution in [3.63, 3.8) is 0 Å². The fourth-order valence-electron chi connectivity index (χ4n) is 6.79. The van der Waals surface area contributed by atoms with Crippen LogP contribution in [0.1, 0.15) is 187 Å². The number of unbranched alkanes of at least 4 members (excludes halogenated alkanes) is 17. The van der Waals surface area contributed by atoms with Gasteiger partial charge in [0.1, 0.15) is 6.61 Å². The van der Waals surface area contributed by atoms with Crippen molar-refractivity contribution in [1.82, 2.24) is 0 Å². The number of allylic oxidation sites excluding steroid dienone is 14. The maximum absolute atomic E-state index is 12.8. The first-order valence-electron chi connectivity index (χ1n) is 24.7. The zero-order valence-electron chi connectivity index (χ0n) is 40.3. The molecule has 0 bridgehead atoms. The van der Waals surface area contributed by atoms with Crippen LogP contribution in [0.2, 0.25) is 0 Å². The zero-order valence-corrected chi connectivity index (χ0v) is 40.3. The molecule has 354 valence electrons. The summed E-state index contributed by atoms with van der Waals surface area (Å²) >= 11 is 0. The van der Waals surface area contributed by atoms with Crippen molar-refractivity contribution in [2.24, 2.45) is 0 Å². The molecule has 0 radical (unpaired) electrons. The average Bonchev–Trinajstić information content (AvgIpc) is 3.23. The molecule has 0 aliphatic carbocycles. The highest BCUT2D eigenvalue weighted by Gasteiger charge is 2.31. The van der Waals surface area contributed by atoms with Gasteiger partial charge in [0.05, 0.1) is 34.4 Å². The molecule has 0 spiro atoms.